The zero-order valence-electron chi connectivity index (χ0n) is 13.3. The molecule has 2 fully saturated rings. The lowest BCUT2D eigenvalue weighted by Gasteiger charge is -2.28. The molecule has 3 nitrogen and oxygen atoms in total. The highest BCUT2D eigenvalue weighted by Gasteiger charge is 2.26. The van der Waals surface area contributed by atoms with Crippen molar-refractivity contribution in [1.29, 1.82) is 0 Å². The summed E-state index contributed by atoms with van der Waals surface area (Å²) in [6.07, 6.45) is 7.74. The van der Waals surface area contributed by atoms with Gasteiger partial charge in [0.25, 0.3) is 0 Å². The first-order chi connectivity index (χ1) is 10.7. The van der Waals surface area contributed by atoms with Gasteiger partial charge in [-0.25, -0.2) is 0 Å². The Morgan fingerprint density at radius 1 is 1.09 bits per heavy atom. The fraction of sp³-hybridized carbons (Fsp3) is 0.632. The summed E-state index contributed by atoms with van der Waals surface area (Å²) in [6, 6.07) is 9.00. The van der Waals surface area contributed by atoms with Crippen molar-refractivity contribution in [2.24, 2.45) is 5.92 Å². The van der Waals surface area contributed by atoms with E-state index in [-0.39, 0.29) is 5.92 Å². The predicted octanol–water partition coefficient (Wildman–Crippen LogP) is 4.03. The number of hydrogen-bond acceptors (Lipinski definition) is 2. The summed E-state index contributed by atoms with van der Waals surface area (Å²) in [5.74, 6) is -0.179. The Morgan fingerprint density at radius 2 is 1.82 bits per heavy atom. The van der Waals surface area contributed by atoms with Crippen LogP contribution in [0.15, 0.2) is 24.3 Å². The summed E-state index contributed by atoms with van der Waals surface area (Å²) in [4.78, 5) is 13.6. The molecular formula is C19H27NO2. The summed E-state index contributed by atoms with van der Waals surface area (Å²) in [5, 5.41) is 9.12. The van der Waals surface area contributed by atoms with Crippen LogP contribution < -0.4 is 0 Å². The fourth-order valence-electron chi connectivity index (χ4n) is 3.99. The third-order valence-corrected chi connectivity index (χ3v) is 5.35. The maximum atomic E-state index is 11.1. The van der Waals surface area contributed by atoms with Crippen LogP contribution in [-0.4, -0.2) is 29.1 Å². The lowest BCUT2D eigenvalue weighted by molar-refractivity contribution is -0.142. The smallest absolute Gasteiger partial charge is 0.306 e. The van der Waals surface area contributed by atoms with Crippen molar-refractivity contribution in [2.45, 2.75) is 57.4 Å². The van der Waals surface area contributed by atoms with Gasteiger partial charge in [-0.05, 0) is 68.7 Å². The van der Waals surface area contributed by atoms with E-state index in [9.17, 15) is 4.79 Å². The van der Waals surface area contributed by atoms with Crippen LogP contribution in [0.1, 0.15) is 62.0 Å². The van der Waals surface area contributed by atoms with E-state index in [4.69, 9.17) is 5.11 Å². The molecule has 0 atom stereocenters. The van der Waals surface area contributed by atoms with Crippen LogP contribution in [0.3, 0.4) is 0 Å². The monoisotopic (exact) mass is 301 g/mol. The van der Waals surface area contributed by atoms with Crippen molar-refractivity contribution in [3.05, 3.63) is 35.4 Å². The molecule has 3 rings (SSSR count). The largest absolute Gasteiger partial charge is 0.481 e. The third-order valence-electron chi connectivity index (χ3n) is 5.35. The van der Waals surface area contributed by atoms with Crippen LogP contribution in [0.5, 0.6) is 0 Å². The second-order valence-corrected chi connectivity index (χ2v) is 6.97. The van der Waals surface area contributed by atoms with Crippen LogP contribution in [0.25, 0.3) is 0 Å². The number of carboxylic acids is 1. The van der Waals surface area contributed by atoms with Gasteiger partial charge in [0.2, 0.25) is 0 Å². The minimum absolute atomic E-state index is 0.118. The van der Waals surface area contributed by atoms with Gasteiger partial charge in [-0.1, -0.05) is 30.7 Å². The molecule has 1 aromatic rings. The third kappa shape index (κ3) is 3.89. The zero-order valence-corrected chi connectivity index (χ0v) is 13.3. The predicted molar refractivity (Wildman–Crippen MR) is 87.9 cm³/mol. The Morgan fingerprint density at radius 3 is 2.50 bits per heavy atom. The molecule has 0 spiro atoms. The Labute approximate surface area is 133 Å². The van der Waals surface area contributed by atoms with Crippen LogP contribution in [0.4, 0.5) is 0 Å². The summed E-state index contributed by atoms with van der Waals surface area (Å²) < 4.78 is 0. The van der Waals surface area contributed by atoms with Gasteiger partial charge in [-0.2, -0.15) is 0 Å². The Hall–Kier alpha value is -1.35. The van der Waals surface area contributed by atoms with E-state index in [2.05, 4.69) is 29.2 Å². The molecule has 0 bridgehead atoms. The number of piperidine rings is 1. The number of hydrogen-bond donors (Lipinski definition) is 1. The molecule has 1 aliphatic carbocycles. The molecule has 1 saturated carbocycles. The van der Waals surface area contributed by atoms with E-state index < -0.39 is 5.97 Å². The molecule has 2 aliphatic rings. The highest BCUT2D eigenvalue weighted by Crippen LogP contribution is 2.36. The SMILES string of the molecule is O=C(O)C1CCC(c2cccc(CN3CCCCC3)c2)CC1. The summed E-state index contributed by atoms with van der Waals surface area (Å²) in [6.45, 7) is 3.53. The molecule has 120 valence electrons. The number of nitrogens with zero attached hydrogens (tertiary/aromatic N) is 1. The van der Waals surface area contributed by atoms with Crippen molar-refractivity contribution < 1.29 is 9.90 Å². The number of carbonyl (C=O) groups is 1. The van der Waals surface area contributed by atoms with Gasteiger partial charge in [-0.3, -0.25) is 9.69 Å². The van der Waals surface area contributed by atoms with Crippen LogP contribution in [0, 0.1) is 5.92 Å². The Bertz CT molecular complexity index is 500. The first kappa shape index (κ1) is 15.5. The van der Waals surface area contributed by atoms with E-state index in [1.807, 2.05) is 0 Å². The summed E-state index contributed by atoms with van der Waals surface area (Å²) >= 11 is 0. The number of rotatable bonds is 4. The minimum atomic E-state index is -0.614. The lowest BCUT2D eigenvalue weighted by atomic mass is 9.78. The number of carboxylic acid groups (broad SMARTS) is 1. The standard InChI is InChI=1S/C19H27NO2/c21-19(22)17-9-7-16(8-10-17)18-6-4-5-15(13-18)14-20-11-2-1-3-12-20/h4-6,13,16-17H,1-3,7-12,14H2,(H,21,22). The van der Waals surface area contributed by atoms with Gasteiger partial charge in [0, 0.05) is 6.54 Å². The van der Waals surface area contributed by atoms with E-state index in [0.717, 1.165) is 32.2 Å². The highest BCUT2D eigenvalue weighted by molar-refractivity contribution is 5.70. The molecule has 22 heavy (non-hydrogen) atoms. The van der Waals surface area contributed by atoms with Crippen molar-refractivity contribution in [1.82, 2.24) is 4.90 Å². The molecule has 1 heterocycles. The van der Waals surface area contributed by atoms with Gasteiger partial charge < -0.3 is 5.11 Å². The van der Waals surface area contributed by atoms with Crippen LogP contribution in [0.2, 0.25) is 0 Å². The molecule has 0 radical (unpaired) electrons. The molecule has 1 N–H and O–H groups in total. The molecular weight excluding hydrogens is 274 g/mol. The molecule has 0 aromatic heterocycles. The van der Waals surface area contributed by atoms with E-state index >= 15 is 0 Å². The molecule has 1 aromatic carbocycles. The molecule has 3 heteroatoms. The molecule has 1 aliphatic heterocycles. The summed E-state index contributed by atoms with van der Waals surface area (Å²) in [7, 11) is 0. The maximum absolute atomic E-state index is 11.1. The number of benzene rings is 1. The van der Waals surface area contributed by atoms with Crippen LogP contribution >= 0.6 is 0 Å². The van der Waals surface area contributed by atoms with Gasteiger partial charge in [0.15, 0.2) is 0 Å². The number of aliphatic carboxylic acids is 1. The van der Waals surface area contributed by atoms with Crippen LogP contribution in [-0.2, 0) is 11.3 Å². The van der Waals surface area contributed by atoms with E-state index in [1.54, 1.807) is 0 Å². The maximum Gasteiger partial charge on any atom is 0.306 e. The normalized spacial score (nSPS) is 26.7. The lowest BCUT2D eigenvalue weighted by Crippen LogP contribution is -2.29. The van der Waals surface area contributed by atoms with E-state index in [1.165, 1.54) is 43.5 Å². The second-order valence-electron chi connectivity index (χ2n) is 6.97. The first-order valence-electron chi connectivity index (χ1n) is 8.76. The van der Waals surface area contributed by atoms with Crippen molar-refractivity contribution in [3.63, 3.8) is 0 Å². The average molecular weight is 301 g/mol. The van der Waals surface area contributed by atoms with Crippen molar-refractivity contribution >= 4 is 5.97 Å². The quantitative estimate of drug-likeness (QED) is 0.912. The highest BCUT2D eigenvalue weighted by atomic mass is 16.4. The zero-order chi connectivity index (χ0) is 15.4. The Balaban J connectivity index is 1.60. The minimum Gasteiger partial charge on any atom is -0.481 e. The molecule has 1 saturated heterocycles. The van der Waals surface area contributed by atoms with E-state index in [0.29, 0.717) is 5.92 Å². The summed E-state index contributed by atoms with van der Waals surface area (Å²) in [5.41, 5.74) is 2.83. The molecule has 0 amide bonds. The first-order valence-corrected chi connectivity index (χ1v) is 8.76. The molecule has 0 unspecified atom stereocenters. The number of likely N-dealkylation sites (tertiary alicyclic amines) is 1. The van der Waals surface area contributed by atoms with Gasteiger partial charge in [-0.15, -0.1) is 0 Å². The topological polar surface area (TPSA) is 40.5 Å². The average Bonchev–Trinajstić information content (AvgIpc) is 2.56. The Kier molecular flexibility index (Phi) is 5.14. The second kappa shape index (κ2) is 7.28. The van der Waals surface area contributed by atoms with Gasteiger partial charge >= 0.3 is 5.97 Å². The van der Waals surface area contributed by atoms with Crippen molar-refractivity contribution in [2.75, 3.05) is 13.1 Å². The van der Waals surface area contributed by atoms with Gasteiger partial charge in [0.1, 0.15) is 0 Å². The van der Waals surface area contributed by atoms with Gasteiger partial charge in [0.05, 0.1) is 5.92 Å². The fourth-order valence-corrected chi connectivity index (χ4v) is 3.99. The van der Waals surface area contributed by atoms with Crippen molar-refractivity contribution in [3.8, 4) is 0 Å².